The quantitative estimate of drug-likeness (QED) is 0.620. The fourth-order valence-corrected chi connectivity index (χ4v) is 3.21. The molecule has 0 aromatic heterocycles. The topological polar surface area (TPSA) is 40.5 Å². The van der Waals surface area contributed by atoms with Gasteiger partial charge in [0.1, 0.15) is 0 Å². The lowest BCUT2D eigenvalue weighted by Gasteiger charge is -2.63. The SMILES string of the molecule is CC1(C)C2CC[C@](O)(CO)C1C2. The summed E-state index contributed by atoms with van der Waals surface area (Å²) in [6, 6.07) is 0. The van der Waals surface area contributed by atoms with Crippen LogP contribution < -0.4 is 0 Å². The summed E-state index contributed by atoms with van der Waals surface area (Å²) in [5.74, 6) is 1.11. The van der Waals surface area contributed by atoms with Gasteiger partial charge in [0.2, 0.25) is 0 Å². The van der Waals surface area contributed by atoms with Gasteiger partial charge in [-0.05, 0) is 36.5 Å². The number of hydrogen-bond acceptors (Lipinski definition) is 2. The Morgan fingerprint density at radius 2 is 2.08 bits per heavy atom. The molecule has 2 heteroatoms. The number of aliphatic hydroxyl groups excluding tert-OH is 1. The zero-order chi connectivity index (χ0) is 8.98. The predicted octanol–water partition coefficient (Wildman–Crippen LogP) is 1.17. The van der Waals surface area contributed by atoms with Crippen LogP contribution in [-0.2, 0) is 0 Å². The molecule has 0 amide bonds. The molecule has 3 aliphatic carbocycles. The smallest absolute Gasteiger partial charge is 0.0910 e. The predicted molar refractivity (Wildman–Crippen MR) is 46.6 cm³/mol. The first-order valence-corrected chi connectivity index (χ1v) is 4.84. The molecule has 3 aliphatic rings. The zero-order valence-corrected chi connectivity index (χ0v) is 7.88. The highest BCUT2D eigenvalue weighted by Gasteiger charge is 2.60. The Labute approximate surface area is 73.6 Å². The highest BCUT2D eigenvalue weighted by atomic mass is 16.3. The number of aliphatic hydroxyl groups is 2. The minimum atomic E-state index is -0.766. The molecule has 0 spiro atoms. The van der Waals surface area contributed by atoms with Crippen LogP contribution in [0.2, 0.25) is 0 Å². The summed E-state index contributed by atoms with van der Waals surface area (Å²) in [6.07, 6.45) is 2.99. The maximum Gasteiger partial charge on any atom is 0.0910 e. The summed E-state index contributed by atoms with van der Waals surface area (Å²) >= 11 is 0. The van der Waals surface area contributed by atoms with E-state index < -0.39 is 5.60 Å². The third-order valence-electron chi connectivity index (χ3n) is 4.32. The second-order valence-electron chi connectivity index (χ2n) is 5.11. The van der Waals surface area contributed by atoms with Crippen molar-refractivity contribution in [3.63, 3.8) is 0 Å². The van der Waals surface area contributed by atoms with E-state index in [4.69, 9.17) is 5.11 Å². The van der Waals surface area contributed by atoms with E-state index >= 15 is 0 Å². The van der Waals surface area contributed by atoms with Gasteiger partial charge in [0.15, 0.2) is 0 Å². The molecule has 0 aromatic carbocycles. The average molecular weight is 170 g/mol. The first-order chi connectivity index (χ1) is 5.50. The molecule has 3 fully saturated rings. The van der Waals surface area contributed by atoms with Gasteiger partial charge in [-0.2, -0.15) is 0 Å². The van der Waals surface area contributed by atoms with E-state index in [1.807, 2.05) is 0 Å². The first-order valence-electron chi connectivity index (χ1n) is 4.84. The van der Waals surface area contributed by atoms with Gasteiger partial charge in [-0.15, -0.1) is 0 Å². The molecule has 3 saturated carbocycles. The van der Waals surface area contributed by atoms with Crippen LogP contribution in [0.3, 0.4) is 0 Å². The summed E-state index contributed by atoms with van der Waals surface area (Å²) in [5.41, 5.74) is -0.506. The van der Waals surface area contributed by atoms with E-state index in [1.165, 1.54) is 0 Å². The molecule has 3 rings (SSSR count). The van der Waals surface area contributed by atoms with Gasteiger partial charge in [0, 0.05) is 0 Å². The van der Waals surface area contributed by atoms with Crippen LogP contribution in [0.5, 0.6) is 0 Å². The largest absolute Gasteiger partial charge is 0.393 e. The third kappa shape index (κ3) is 0.826. The second kappa shape index (κ2) is 2.24. The van der Waals surface area contributed by atoms with E-state index in [9.17, 15) is 5.11 Å². The molecule has 0 saturated heterocycles. The highest BCUT2D eigenvalue weighted by Crippen LogP contribution is 2.62. The normalized spacial score (nSPS) is 50.0. The number of rotatable bonds is 1. The molecule has 3 atom stereocenters. The van der Waals surface area contributed by atoms with Crippen molar-refractivity contribution >= 4 is 0 Å². The van der Waals surface area contributed by atoms with Crippen LogP contribution in [0.1, 0.15) is 33.1 Å². The minimum absolute atomic E-state index is 0.0617. The van der Waals surface area contributed by atoms with Crippen LogP contribution in [-0.4, -0.2) is 22.4 Å². The van der Waals surface area contributed by atoms with E-state index in [0.29, 0.717) is 5.92 Å². The lowest BCUT2D eigenvalue weighted by molar-refractivity contribution is -0.215. The summed E-state index contributed by atoms with van der Waals surface area (Å²) < 4.78 is 0. The van der Waals surface area contributed by atoms with Gasteiger partial charge >= 0.3 is 0 Å². The Hall–Kier alpha value is -0.0800. The van der Waals surface area contributed by atoms with Crippen molar-refractivity contribution in [1.29, 1.82) is 0 Å². The third-order valence-corrected chi connectivity index (χ3v) is 4.32. The van der Waals surface area contributed by atoms with E-state index in [2.05, 4.69) is 13.8 Å². The molecule has 2 N–H and O–H groups in total. The maximum absolute atomic E-state index is 10.1. The minimum Gasteiger partial charge on any atom is -0.393 e. The molecule has 0 aromatic rings. The lowest BCUT2D eigenvalue weighted by Crippen LogP contribution is -2.62. The number of fused-ring (bicyclic) bond motifs is 2. The Kier molecular flexibility index (Phi) is 1.59. The molecule has 0 aliphatic heterocycles. The molecule has 2 nitrogen and oxygen atoms in total. The van der Waals surface area contributed by atoms with E-state index in [0.717, 1.165) is 25.2 Å². The van der Waals surface area contributed by atoms with Crippen LogP contribution in [0.15, 0.2) is 0 Å². The molecule has 0 radical (unpaired) electrons. The Bertz CT molecular complexity index is 198. The van der Waals surface area contributed by atoms with Gasteiger partial charge in [0.05, 0.1) is 12.2 Å². The molecule has 0 heterocycles. The van der Waals surface area contributed by atoms with Crippen molar-refractivity contribution in [3.8, 4) is 0 Å². The number of hydrogen-bond donors (Lipinski definition) is 2. The zero-order valence-electron chi connectivity index (χ0n) is 7.88. The summed E-state index contributed by atoms with van der Waals surface area (Å²) in [7, 11) is 0. The van der Waals surface area contributed by atoms with Crippen LogP contribution in [0.4, 0.5) is 0 Å². The van der Waals surface area contributed by atoms with Crippen LogP contribution in [0.25, 0.3) is 0 Å². The molecule has 2 unspecified atom stereocenters. The fourth-order valence-electron chi connectivity index (χ4n) is 3.21. The van der Waals surface area contributed by atoms with Crippen molar-refractivity contribution in [2.24, 2.45) is 17.3 Å². The van der Waals surface area contributed by atoms with Crippen molar-refractivity contribution in [3.05, 3.63) is 0 Å². The fraction of sp³-hybridized carbons (Fsp3) is 1.00. The van der Waals surface area contributed by atoms with E-state index in [-0.39, 0.29) is 12.0 Å². The van der Waals surface area contributed by atoms with Gasteiger partial charge in [-0.25, -0.2) is 0 Å². The molecular weight excluding hydrogens is 152 g/mol. The Morgan fingerprint density at radius 1 is 1.42 bits per heavy atom. The molecule has 70 valence electrons. The van der Waals surface area contributed by atoms with Gasteiger partial charge in [-0.3, -0.25) is 0 Å². The van der Waals surface area contributed by atoms with Crippen LogP contribution >= 0.6 is 0 Å². The Morgan fingerprint density at radius 3 is 2.42 bits per heavy atom. The molecule has 2 bridgehead atoms. The van der Waals surface area contributed by atoms with Crippen molar-refractivity contribution in [2.75, 3.05) is 6.61 Å². The van der Waals surface area contributed by atoms with Crippen LogP contribution in [0, 0.1) is 17.3 Å². The molecule has 12 heavy (non-hydrogen) atoms. The average Bonchev–Trinajstić information content (AvgIpc) is 2.04. The van der Waals surface area contributed by atoms with Gasteiger partial charge < -0.3 is 10.2 Å². The van der Waals surface area contributed by atoms with E-state index in [1.54, 1.807) is 0 Å². The lowest BCUT2D eigenvalue weighted by atomic mass is 9.44. The van der Waals surface area contributed by atoms with Crippen molar-refractivity contribution in [2.45, 2.75) is 38.7 Å². The summed E-state index contributed by atoms with van der Waals surface area (Å²) in [6.45, 7) is 4.37. The second-order valence-corrected chi connectivity index (χ2v) is 5.11. The highest BCUT2D eigenvalue weighted by molar-refractivity contribution is 5.10. The molecular formula is C10H18O2. The summed E-state index contributed by atoms with van der Waals surface area (Å²) in [5, 5.41) is 19.2. The monoisotopic (exact) mass is 170 g/mol. The first kappa shape index (κ1) is 8.52. The van der Waals surface area contributed by atoms with Gasteiger partial charge in [0.25, 0.3) is 0 Å². The maximum atomic E-state index is 10.1. The standard InChI is InChI=1S/C10H18O2/c1-9(2)7-3-4-10(12,6-11)8(9)5-7/h7-8,11-12H,3-6H2,1-2H3/t7?,8?,10-/m0/s1. The van der Waals surface area contributed by atoms with Gasteiger partial charge in [-0.1, -0.05) is 13.8 Å². The van der Waals surface area contributed by atoms with Crippen molar-refractivity contribution < 1.29 is 10.2 Å². The Balaban J connectivity index is 2.21. The van der Waals surface area contributed by atoms with Crippen molar-refractivity contribution in [1.82, 2.24) is 0 Å². The summed E-state index contributed by atoms with van der Waals surface area (Å²) in [4.78, 5) is 0.